The fraction of sp³-hybridized carbons (Fsp3) is 0.296. The van der Waals surface area contributed by atoms with Crippen LogP contribution in [0.3, 0.4) is 0 Å². The number of likely N-dealkylation sites (tertiary alicyclic amines) is 1. The number of amides is 2. The Kier molecular flexibility index (Phi) is 7.76. The van der Waals surface area contributed by atoms with Gasteiger partial charge in [-0.25, -0.2) is 13.1 Å². The predicted molar refractivity (Wildman–Crippen MR) is 143 cm³/mol. The number of nitrogen functional groups attached to an aromatic ring is 1. The highest BCUT2D eigenvalue weighted by Crippen LogP contribution is 2.19. The Morgan fingerprint density at radius 2 is 1.70 bits per heavy atom. The maximum Gasteiger partial charge on any atom is 0.245 e. The minimum atomic E-state index is -3.95. The molecule has 0 radical (unpaired) electrons. The summed E-state index contributed by atoms with van der Waals surface area (Å²) in [6, 6.07) is 18.1. The second-order valence-corrected chi connectivity index (χ2v) is 10.9. The van der Waals surface area contributed by atoms with Gasteiger partial charge in [0.05, 0.1) is 11.4 Å². The number of carbonyl (C=O) groups is 2. The first-order valence-corrected chi connectivity index (χ1v) is 13.7. The van der Waals surface area contributed by atoms with Crippen molar-refractivity contribution in [3.8, 4) is 0 Å². The molecule has 1 saturated heterocycles. The normalized spacial score (nSPS) is 15.0. The number of nitrogens with zero attached hydrogens (tertiary/aromatic N) is 1. The van der Waals surface area contributed by atoms with Gasteiger partial charge in [-0.2, -0.15) is 0 Å². The first-order chi connectivity index (χ1) is 18.3. The average molecular weight is 523 g/mol. The molecule has 0 bridgehead atoms. The van der Waals surface area contributed by atoms with Crippen LogP contribution in [-0.4, -0.2) is 56.6 Å². The molecule has 0 spiro atoms. The van der Waals surface area contributed by atoms with Gasteiger partial charge in [-0.05, 0) is 47.7 Å². The molecule has 1 aliphatic heterocycles. The van der Waals surface area contributed by atoms with E-state index in [1.165, 1.54) is 6.07 Å². The minimum Gasteiger partial charge on any atom is -0.384 e. The van der Waals surface area contributed by atoms with Crippen LogP contribution >= 0.6 is 0 Å². The highest BCUT2D eigenvalue weighted by atomic mass is 32.2. The molecule has 5 N–H and O–H groups in total. The third-order valence-electron chi connectivity index (χ3n) is 6.44. The van der Waals surface area contributed by atoms with Crippen molar-refractivity contribution >= 4 is 38.4 Å². The highest BCUT2D eigenvalue weighted by molar-refractivity contribution is 7.89. The lowest BCUT2D eigenvalue weighted by molar-refractivity contribution is -0.137. The zero-order chi connectivity index (χ0) is 27.1. The molecule has 0 saturated carbocycles. The number of carbonyl (C=O) groups excluding carboxylic acids is 2. The van der Waals surface area contributed by atoms with Gasteiger partial charge in [-0.1, -0.05) is 54.6 Å². The van der Waals surface area contributed by atoms with Crippen LogP contribution in [0.25, 0.3) is 10.8 Å². The number of amidine groups is 1. The number of sulfonamides is 1. The Morgan fingerprint density at radius 1 is 1.00 bits per heavy atom. The van der Waals surface area contributed by atoms with Crippen LogP contribution in [0.2, 0.25) is 1.41 Å². The summed E-state index contributed by atoms with van der Waals surface area (Å²) in [5.41, 5.74) is 3.32. The molecule has 194 valence electrons. The van der Waals surface area contributed by atoms with E-state index in [9.17, 15) is 18.0 Å². The van der Waals surface area contributed by atoms with E-state index in [0.29, 0.717) is 18.7 Å². The molecule has 4 rings (SSSR count). The molecule has 0 aliphatic carbocycles. The zero-order valence-corrected chi connectivity index (χ0v) is 21.2. The molecule has 0 unspecified atom stereocenters. The van der Waals surface area contributed by atoms with E-state index in [-0.39, 0.29) is 23.1 Å². The van der Waals surface area contributed by atoms with Crippen molar-refractivity contribution in [2.75, 3.05) is 19.6 Å². The van der Waals surface area contributed by atoms with E-state index >= 15 is 0 Å². The zero-order valence-electron chi connectivity index (χ0n) is 21.4. The van der Waals surface area contributed by atoms with Crippen LogP contribution in [0.1, 0.15) is 30.4 Å². The number of nitrogens with two attached hydrogens (primary N) is 1. The van der Waals surface area contributed by atoms with E-state index in [4.69, 9.17) is 6.82 Å². The van der Waals surface area contributed by atoms with Gasteiger partial charge in [-0.3, -0.25) is 15.0 Å². The summed E-state index contributed by atoms with van der Waals surface area (Å²) in [6.07, 6.45) is 3.05. The molecule has 1 atom stereocenters. The van der Waals surface area contributed by atoms with Crippen LogP contribution in [0.15, 0.2) is 71.6 Å². The molecule has 1 aliphatic rings. The molecule has 10 heteroatoms. The molecule has 2 amide bonds. The largest absolute Gasteiger partial charge is 0.384 e. The Morgan fingerprint density at radius 3 is 2.41 bits per heavy atom. The summed E-state index contributed by atoms with van der Waals surface area (Å²) in [6.45, 7) is 0.723. The van der Waals surface area contributed by atoms with Gasteiger partial charge in [0.15, 0.2) is 1.41 Å². The van der Waals surface area contributed by atoms with Crippen LogP contribution in [0.5, 0.6) is 0 Å². The number of hydrogen-bond donors (Lipinski definition) is 4. The van der Waals surface area contributed by atoms with Crippen LogP contribution in [0.4, 0.5) is 0 Å². The van der Waals surface area contributed by atoms with Crippen molar-refractivity contribution in [1.29, 1.82) is 5.41 Å². The predicted octanol–water partition coefficient (Wildman–Crippen LogP) is 2.14. The molecular formula is C27H31N5O4S. The molecule has 3 aromatic carbocycles. The van der Waals surface area contributed by atoms with Crippen LogP contribution in [0, 0.1) is 5.41 Å². The Labute approximate surface area is 218 Å². The lowest BCUT2D eigenvalue weighted by Gasteiger charge is -2.31. The topological polar surface area (TPSA) is 145 Å². The fourth-order valence-corrected chi connectivity index (χ4v) is 5.42. The van der Waals surface area contributed by atoms with Crippen molar-refractivity contribution in [3.05, 3.63) is 77.9 Å². The van der Waals surface area contributed by atoms with E-state index in [1.807, 2.05) is 30.0 Å². The number of fused-ring (bicyclic) bond motifs is 1. The van der Waals surface area contributed by atoms with Crippen molar-refractivity contribution in [3.63, 3.8) is 0 Å². The first kappa shape index (κ1) is 24.9. The van der Waals surface area contributed by atoms with Gasteiger partial charge in [0.25, 0.3) is 0 Å². The van der Waals surface area contributed by atoms with Crippen molar-refractivity contribution in [2.24, 2.45) is 5.73 Å². The van der Waals surface area contributed by atoms with Gasteiger partial charge in [0, 0.05) is 25.1 Å². The number of nitrogens with one attached hydrogen (secondary N) is 3. The summed E-state index contributed by atoms with van der Waals surface area (Å²) >= 11 is 0. The number of hydrogen-bond acceptors (Lipinski definition) is 5. The van der Waals surface area contributed by atoms with E-state index in [1.54, 1.807) is 41.3 Å². The second-order valence-electron chi connectivity index (χ2n) is 9.12. The molecular weight excluding hydrogens is 490 g/mol. The smallest absolute Gasteiger partial charge is 0.245 e. The van der Waals surface area contributed by atoms with Gasteiger partial charge in [0.2, 0.25) is 21.8 Å². The number of benzene rings is 3. The highest BCUT2D eigenvalue weighted by Gasteiger charge is 2.28. The molecule has 1 heterocycles. The van der Waals surface area contributed by atoms with Crippen molar-refractivity contribution in [1.82, 2.24) is 14.9 Å². The Hall–Kier alpha value is -3.76. The Bertz CT molecular complexity index is 1420. The molecule has 9 nitrogen and oxygen atoms in total. The fourth-order valence-electron chi connectivity index (χ4n) is 4.40. The maximum absolute atomic E-state index is 13.3. The molecule has 0 aromatic heterocycles. The van der Waals surface area contributed by atoms with Crippen molar-refractivity contribution in [2.45, 2.75) is 36.6 Å². The summed E-state index contributed by atoms with van der Waals surface area (Å²) in [4.78, 5) is 27.9. The monoisotopic (exact) mass is 522 g/mol. The van der Waals surface area contributed by atoms with E-state index in [2.05, 4.69) is 10.0 Å². The molecule has 1 fully saturated rings. The van der Waals surface area contributed by atoms with Crippen LogP contribution in [-0.2, 0) is 26.0 Å². The Balaban J connectivity index is 1.45. The van der Waals surface area contributed by atoms with Crippen LogP contribution < -0.4 is 15.8 Å². The van der Waals surface area contributed by atoms with Crippen molar-refractivity contribution < 1.29 is 19.4 Å². The standard InChI is InChI=1S/C27H31N5O4S/c28-26(29)21-10-8-19(9-11-21)16-24(27(34)32-14-4-1-5-15-32)31-25(33)18-30-37(35,36)23-13-12-20-6-2-3-7-22(20)17-23/h2-3,6-13,17,24,30H,1,4-5,14-16,18H2,(H3,28,29)(H,31,33)/t24-/m0/s1/i/hD. The lowest BCUT2D eigenvalue weighted by Crippen LogP contribution is -2.52. The first-order valence-electron chi connectivity index (χ1n) is 12.7. The van der Waals surface area contributed by atoms with Gasteiger partial charge >= 0.3 is 0 Å². The minimum absolute atomic E-state index is 0.0514. The SMILES string of the molecule is [2H]NC(=N)c1ccc(C[C@H](NC(=O)CNS(=O)(=O)c2ccc3ccccc3c2)C(=O)N2CCCCC2)cc1. The lowest BCUT2D eigenvalue weighted by atomic mass is 10.0. The quantitative estimate of drug-likeness (QED) is 0.251. The summed E-state index contributed by atoms with van der Waals surface area (Å²) in [7, 11) is -3.95. The molecule has 37 heavy (non-hydrogen) atoms. The van der Waals surface area contributed by atoms with Gasteiger partial charge in [0.1, 0.15) is 11.9 Å². The third-order valence-corrected chi connectivity index (χ3v) is 7.84. The van der Waals surface area contributed by atoms with E-state index < -0.39 is 28.5 Å². The average Bonchev–Trinajstić information content (AvgIpc) is 2.95. The summed E-state index contributed by atoms with van der Waals surface area (Å²) in [5, 5.41) is 12.1. The summed E-state index contributed by atoms with van der Waals surface area (Å²) in [5.74, 6) is -0.869. The second kappa shape index (κ2) is 11.5. The third kappa shape index (κ3) is 6.72. The molecule has 3 aromatic rings. The van der Waals surface area contributed by atoms with Gasteiger partial charge < -0.3 is 15.9 Å². The van der Waals surface area contributed by atoms with Gasteiger partial charge in [-0.15, -0.1) is 0 Å². The van der Waals surface area contributed by atoms with E-state index in [0.717, 1.165) is 35.6 Å². The summed E-state index contributed by atoms with van der Waals surface area (Å²) < 4.78 is 35.1. The maximum atomic E-state index is 13.3. The number of piperidine rings is 1. The number of rotatable bonds is 9.